The van der Waals surface area contributed by atoms with Crippen molar-refractivity contribution >= 4 is 16.8 Å². The molecule has 1 aromatic heterocycles. The van der Waals surface area contributed by atoms with E-state index in [1.165, 1.54) is 11.1 Å². The lowest BCUT2D eigenvalue weighted by atomic mass is 10.1. The van der Waals surface area contributed by atoms with Crippen molar-refractivity contribution in [1.82, 2.24) is 14.8 Å². The van der Waals surface area contributed by atoms with Gasteiger partial charge in [0.15, 0.2) is 0 Å². The molecular weight excluding hydrogens is 398 g/mol. The number of fused-ring (bicyclic) bond motifs is 1. The number of pyridine rings is 1. The molecule has 0 bridgehead atoms. The third-order valence-corrected chi connectivity index (χ3v) is 6.02. The van der Waals surface area contributed by atoms with Gasteiger partial charge in [0.25, 0.3) is 5.91 Å². The molecule has 1 aliphatic heterocycles. The first-order valence-electron chi connectivity index (χ1n) is 11.5. The van der Waals surface area contributed by atoms with Crippen molar-refractivity contribution < 1.29 is 9.53 Å². The number of amides is 1. The summed E-state index contributed by atoms with van der Waals surface area (Å²) in [6, 6.07) is 18.7. The lowest BCUT2D eigenvalue weighted by Gasteiger charge is -2.36. The Bertz CT molecular complexity index is 1070. The molecule has 1 aliphatic rings. The fourth-order valence-electron chi connectivity index (χ4n) is 4.34. The summed E-state index contributed by atoms with van der Waals surface area (Å²) >= 11 is 0. The van der Waals surface area contributed by atoms with E-state index in [2.05, 4.69) is 73.1 Å². The molecule has 0 radical (unpaired) electrons. The van der Waals surface area contributed by atoms with Crippen LogP contribution in [0.4, 0.5) is 0 Å². The van der Waals surface area contributed by atoms with Crippen molar-refractivity contribution in [2.45, 2.75) is 40.0 Å². The second kappa shape index (κ2) is 10.2. The van der Waals surface area contributed by atoms with Gasteiger partial charge in [-0.1, -0.05) is 50.2 Å². The summed E-state index contributed by atoms with van der Waals surface area (Å²) in [5, 5.41) is 1.10. The van der Waals surface area contributed by atoms with Gasteiger partial charge in [0.05, 0.1) is 12.1 Å². The molecule has 0 aliphatic carbocycles. The molecule has 168 valence electrons. The molecule has 5 nitrogen and oxygen atoms in total. The van der Waals surface area contributed by atoms with Crippen LogP contribution in [0.2, 0.25) is 0 Å². The molecule has 0 spiro atoms. The van der Waals surface area contributed by atoms with Crippen LogP contribution >= 0.6 is 0 Å². The number of rotatable bonds is 7. The molecule has 32 heavy (non-hydrogen) atoms. The number of carbonyl (C=O) groups excluding carboxylic acids is 1. The number of morpholine rings is 1. The van der Waals surface area contributed by atoms with Crippen LogP contribution in [0.5, 0.6) is 0 Å². The predicted octanol–water partition coefficient (Wildman–Crippen LogP) is 4.43. The Morgan fingerprint density at radius 1 is 1.19 bits per heavy atom. The summed E-state index contributed by atoms with van der Waals surface area (Å²) < 4.78 is 5.97. The highest BCUT2D eigenvalue weighted by Gasteiger charge is 2.30. The Hall–Kier alpha value is -2.76. The molecule has 0 N–H and O–H groups in total. The van der Waals surface area contributed by atoms with Gasteiger partial charge in [-0.2, -0.15) is 0 Å². The van der Waals surface area contributed by atoms with Gasteiger partial charge in [0.2, 0.25) is 0 Å². The molecule has 4 rings (SSSR count). The van der Waals surface area contributed by atoms with Crippen LogP contribution in [0.25, 0.3) is 10.9 Å². The highest BCUT2D eigenvalue weighted by molar-refractivity contribution is 5.82. The Morgan fingerprint density at radius 3 is 2.84 bits per heavy atom. The van der Waals surface area contributed by atoms with Gasteiger partial charge in [-0.05, 0) is 47.7 Å². The third-order valence-electron chi connectivity index (χ3n) is 6.02. The second-order valence-corrected chi connectivity index (χ2v) is 9.16. The zero-order valence-electron chi connectivity index (χ0n) is 19.3. The number of aryl methyl sites for hydroxylation is 1. The zero-order chi connectivity index (χ0) is 22.5. The van der Waals surface area contributed by atoms with Gasteiger partial charge in [-0.15, -0.1) is 0 Å². The summed E-state index contributed by atoms with van der Waals surface area (Å²) in [6.45, 7) is 10.6. The highest BCUT2D eigenvalue weighted by Crippen LogP contribution is 2.19. The van der Waals surface area contributed by atoms with Gasteiger partial charge in [0.1, 0.15) is 6.10 Å². The Balaban J connectivity index is 1.47. The van der Waals surface area contributed by atoms with Crippen LogP contribution in [0.15, 0.2) is 60.8 Å². The summed E-state index contributed by atoms with van der Waals surface area (Å²) in [5.41, 5.74) is 4.69. The van der Waals surface area contributed by atoms with Gasteiger partial charge in [0, 0.05) is 44.3 Å². The van der Waals surface area contributed by atoms with Crippen molar-refractivity contribution in [2.24, 2.45) is 5.92 Å². The van der Waals surface area contributed by atoms with Crippen molar-refractivity contribution in [3.05, 3.63) is 77.5 Å². The quantitative estimate of drug-likeness (QED) is 0.555. The van der Waals surface area contributed by atoms with Gasteiger partial charge < -0.3 is 9.64 Å². The Morgan fingerprint density at radius 2 is 2.03 bits per heavy atom. The fourth-order valence-corrected chi connectivity index (χ4v) is 4.34. The first kappa shape index (κ1) is 22.4. The minimum atomic E-state index is -0.423. The number of carbonyl (C=O) groups is 1. The van der Waals surface area contributed by atoms with Gasteiger partial charge >= 0.3 is 0 Å². The monoisotopic (exact) mass is 431 g/mol. The largest absolute Gasteiger partial charge is 0.366 e. The van der Waals surface area contributed by atoms with Crippen LogP contribution in [0.1, 0.15) is 30.5 Å². The number of hydrogen-bond donors (Lipinski definition) is 0. The maximum atomic E-state index is 13.5. The molecule has 3 aromatic rings. The van der Waals surface area contributed by atoms with E-state index in [4.69, 9.17) is 4.74 Å². The summed E-state index contributed by atoms with van der Waals surface area (Å²) in [4.78, 5) is 22.2. The minimum Gasteiger partial charge on any atom is -0.366 e. The molecule has 1 fully saturated rings. The predicted molar refractivity (Wildman–Crippen MR) is 128 cm³/mol. The highest BCUT2D eigenvalue weighted by atomic mass is 16.5. The van der Waals surface area contributed by atoms with Crippen molar-refractivity contribution in [1.29, 1.82) is 0 Å². The molecular formula is C27H33N3O2. The molecule has 1 saturated heterocycles. The van der Waals surface area contributed by atoms with E-state index in [0.717, 1.165) is 29.6 Å². The summed E-state index contributed by atoms with van der Waals surface area (Å²) in [6.07, 6.45) is 1.38. The third kappa shape index (κ3) is 5.53. The minimum absolute atomic E-state index is 0.0828. The molecule has 0 unspecified atom stereocenters. The summed E-state index contributed by atoms with van der Waals surface area (Å²) in [7, 11) is 0. The lowest BCUT2D eigenvalue weighted by molar-refractivity contribution is -0.151. The van der Waals surface area contributed by atoms with Crippen LogP contribution in [0.3, 0.4) is 0 Å². The van der Waals surface area contributed by atoms with E-state index < -0.39 is 6.10 Å². The Labute approximate surface area is 191 Å². The smallest absolute Gasteiger partial charge is 0.253 e. The maximum absolute atomic E-state index is 13.5. The molecule has 1 atom stereocenters. The SMILES string of the molecule is Cc1ccccc1CN1CCO[C@@H](C(=O)N(Cc2ccc3ncccc3c2)CC(C)C)C1. The average molecular weight is 432 g/mol. The van der Waals surface area contributed by atoms with E-state index >= 15 is 0 Å². The van der Waals surface area contributed by atoms with Crippen molar-refractivity contribution in [3.8, 4) is 0 Å². The van der Waals surface area contributed by atoms with Crippen LogP contribution in [-0.4, -0.2) is 53.0 Å². The number of nitrogens with zero attached hydrogens (tertiary/aromatic N) is 3. The van der Waals surface area contributed by atoms with Gasteiger partial charge in [-0.3, -0.25) is 14.7 Å². The molecule has 1 amide bonds. The molecule has 2 aromatic carbocycles. The number of hydrogen-bond acceptors (Lipinski definition) is 4. The molecule has 5 heteroatoms. The first-order valence-corrected chi connectivity index (χ1v) is 11.5. The number of benzene rings is 2. The van der Waals surface area contributed by atoms with Gasteiger partial charge in [-0.25, -0.2) is 0 Å². The van der Waals surface area contributed by atoms with Crippen LogP contribution in [-0.2, 0) is 22.6 Å². The Kier molecular flexibility index (Phi) is 7.18. The van der Waals surface area contributed by atoms with E-state index in [-0.39, 0.29) is 5.91 Å². The van der Waals surface area contributed by atoms with Crippen molar-refractivity contribution in [2.75, 3.05) is 26.2 Å². The molecule has 0 saturated carbocycles. The van der Waals surface area contributed by atoms with Crippen LogP contribution in [0, 0.1) is 12.8 Å². The topological polar surface area (TPSA) is 45.7 Å². The summed E-state index contributed by atoms with van der Waals surface area (Å²) in [5.74, 6) is 0.465. The number of ether oxygens (including phenoxy) is 1. The second-order valence-electron chi connectivity index (χ2n) is 9.16. The van der Waals surface area contributed by atoms with Crippen LogP contribution < -0.4 is 0 Å². The maximum Gasteiger partial charge on any atom is 0.253 e. The normalized spacial score (nSPS) is 17.1. The first-order chi connectivity index (χ1) is 15.5. The zero-order valence-corrected chi connectivity index (χ0v) is 19.3. The van der Waals surface area contributed by atoms with E-state index in [1.807, 2.05) is 17.0 Å². The fraction of sp³-hybridized carbons (Fsp3) is 0.407. The standard InChI is InChI=1S/C27H33N3O2/c1-20(2)16-30(17-22-10-11-25-23(15-22)9-6-12-28-25)27(31)26-19-29(13-14-32-26)18-24-8-5-4-7-21(24)3/h4-12,15,20,26H,13-14,16-19H2,1-3H3/t26-/m1/s1. The van der Waals surface area contributed by atoms with Crippen molar-refractivity contribution in [3.63, 3.8) is 0 Å². The average Bonchev–Trinajstić information content (AvgIpc) is 2.79. The van der Waals surface area contributed by atoms with E-state index in [9.17, 15) is 4.79 Å². The molecule has 2 heterocycles. The lowest BCUT2D eigenvalue weighted by Crippen LogP contribution is -2.51. The number of aromatic nitrogens is 1. The van der Waals surface area contributed by atoms with E-state index in [1.54, 1.807) is 6.20 Å². The van der Waals surface area contributed by atoms with E-state index in [0.29, 0.717) is 32.2 Å².